The summed E-state index contributed by atoms with van der Waals surface area (Å²) < 4.78 is 5.25. The second kappa shape index (κ2) is 5.48. The molecule has 0 aromatic heterocycles. The molecule has 0 aliphatic carbocycles. The molecule has 1 aliphatic heterocycles. The van der Waals surface area contributed by atoms with Crippen LogP contribution in [0, 0.1) is 11.3 Å². The van der Waals surface area contributed by atoms with Crippen LogP contribution in [-0.2, 0) is 9.53 Å². The van der Waals surface area contributed by atoms with E-state index in [4.69, 9.17) is 4.74 Å². The van der Waals surface area contributed by atoms with Gasteiger partial charge in [0.25, 0.3) is 0 Å². The van der Waals surface area contributed by atoms with Crippen molar-refractivity contribution in [2.45, 2.75) is 27.2 Å². The number of nitrogens with zero attached hydrogens (tertiary/aromatic N) is 1. The van der Waals surface area contributed by atoms with Gasteiger partial charge in [-0.05, 0) is 11.8 Å². The van der Waals surface area contributed by atoms with Gasteiger partial charge < -0.3 is 9.64 Å². The van der Waals surface area contributed by atoms with E-state index in [1.165, 1.54) is 0 Å². The van der Waals surface area contributed by atoms with Crippen molar-refractivity contribution in [3.8, 4) is 0 Å². The zero-order chi connectivity index (χ0) is 12.2. The molecule has 92 valence electrons. The first-order valence-electron chi connectivity index (χ1n) is 6.05. The van der Waals surface area contributed by atoms with Gasteiger partial charge in [-0.15, -0.1) is 6.58 Å². The molecule has 0 aromatic carbocycles. The zero-order valence-corrected chi connectivity index (χ0v) is 10.7. The molecule has 0 saturated carbocycles. The van der Waals surface area contributed by atoms with Gasteiger partial charge >= 0.3 is 0 Å². The van der Waals surface area contributed by atoms with Crippen molar-refractivity contribution in [3.05, 3.63) is 12.7 Å². The number of carbonyl (C=O) groups excluding carboxylic acids is 1. The van der Waals surface area contributed by atoms with Crippen molar-refractivity contribution in [1.82, 2.24) is 4.90 Å². The van der Waals surface area contributed by atoms with Gasteiger partial charge in [0.15, 0.2) is 0 Å². The van der Waals surface area contributed by atoms with E-state index in [2.05, 4.69) is 20.4 Å². The summed E-state index contributed by atoms with van der Waals surface area (Å²) in [5, 5.41) is 0. The molecule has 2 unspecified atom stereocenters. The molecule has 2 atom stereocenters. The smallest absolute Gasteiger partial charge is 0.226 e. The minimum atomic E-state index is -0.102. The van der Waals surface area contributed by atoms with Gasteiger partial charge in [0, 0.05) is 19.0 Å². The SMILES string of the molecule is C=CC(C)(CC)C(C)C(=O)N1CCOCC1. The first-order valence-corrected chi connectivity index (χ1v) is 6.05. The lowest BCUT2D eigenvalue weighted by Gasteiger charge is -2.36. The summed E-state index contributed by atoms with van der Waals surface area (Å²) in [6.07, 6.45) is 2.85. The van der Waals surface area contributed by atoms with Crippen LogP contribution in [0.1, 0.15) is 27.2 Å². The fraction of sp³-hybridized carbons (Fsp3) is 0.769. The van der Waals surface area contributed by atoms with Crippen LogP contribution < -0.4 is 0 Å². The van der Waals surface area contributed by atoms with Crippen LogP contribution in [0.4, 0.5) is 0 Å². The summed E-state index contributed by atoms with van der Waals surface area (Å²) in [4.78, 5) is 14.2. The van der Waals surface area contributed by atoms with E-state index in [0.29, 0.717) is 13.2 Å². The molecule has 0 N–H and O–H groups in total. The van der Waals surface area contributed by atoms with Crippen LogP contribution in [0.2, 0.25) is 0 Å². The summed E-state index contributed by atoms with van der Waals surface area (Å²) in [5.74, 6) is 0.223. The lowest BCUT2D eigenvalue weighted by atomic mass is 9.75. The van der Waals surface area contributed by atoms with Crippen molar-refractivity contribution in [1.29, 1.82) is 0 Å². The Bertz CT molecular complexity index is 259. The van der Waals surface area contributed by atoms with Crippen LogP contribution in [-0.4, -0.2) is 37.1 Å². The summed E-state index contributed by atoms with van der Waals surface area (Å²) in [6, 6.07) is 0. The monoisotopic (exact) mass is 225 g/mol. The first-order chi connectivity index (χ1) is 7.55. The summed E-state index contributed by atoms with van der Waals surface area (Å²) in [7, 11) is 0. The Morgan fingerprint density at radius 3 is 2.56 bits per heavy atom. The summed E-state index contributed by atoms with van der Waals surface area (Å²) in [5.41, 5.74) is -0.102. The van der Waals surface area contributed by atoms with Crippen molar-refractivity contribution in [2.75, 3.05) is 26.3 Å². The standard InChI is InChI=1S/C13H23NO2/c1-5-13(4,6-2)11(3)12(15)14-7-9-16-10-8-14/h5,11H,1,6-10H2,2-4H3. The van der Waals surface area contributed by atoms with Gasteiger partial charge in [-0.1, -0.05) is 26.8 Å². The van der Waals surface area contributed by atoms with Crippen molar-refractivity contribution in [2.24, 2.45) is 11.3 Å². The van der Waals surface area contributed by atoms with Gasteiger partial charge in [0.2, 0.25) is 5.91 Å². The first kappa shape index (κ1) is 13.2. The number of hydrogen-bond donors (Lipinski definition) is 0. The highest BCUT2D eigenvalue weighted by Crippen LogP contribution is 2.33. The quantitative estimate of drug-likeness (QED) is 0.686. The Labute approximate surface area is 98.5 Å². The van der Waals surface area contributed by atoms with Gasteiger partial charge in [0.1, 0.15) is 0 Å². The number of rotatable bonds is 4. The van der Waals surface area contributed by atoms with E-state index in [9.17, 15) is 4.79 Å². The molecular formula is C13H23NO2. The minimum absolute atomic E-state index is 0.00639. The molecule has 1 amide bonds. The van der Waals surface area contributed by atoms with Crippen molar-refractivity contribution >= 4 is 5.91 Å². The average molecular weight is 225 g/mol. The normalized spacial score (nSPS) is 22.3. The molecule has 1 rings (SSSR count). The Balaban J connectivity index is 2.68. The van der Waals surface area contributed by atoms with E-state index in [1.54, 1.807) is 0 Å². The molecule has 1 fully saturated rings. The lowest BCUT2D eigenvalue weighted by molar-refractivity contribution is -0.142. The van der Waals surface area contributed by atoms with Gasteiger partial charge in [-0.2, -0.15) is 0 Å². The maximum Gasteiger partial charge on any atom is 0.226 e. The summed E-state index contributed by atoms with van der Waals surface area (Å²) in [6.45, 7) is 12.8. The summed E-state index contributed by atoms with van der Waals surface area (Å²) >= 11 is 0. The van der Waals surface area contributed by atoms with Crippen molar-refractivity contribution < 1.29 is 9.53 Å². The highest BCUT2D eigenvalue weighted by atomic mass is 16.5. The van der Waals surface area contributed by atoms with Gasteiger partial charge in [0.05, 0.1) is 13.2 Å². The third-order valence-corrected chi connectivity index (χ3v) is 3.91. The largest absolute Gasteiger partial charge is 0.378 e. The van der Waals surface area contributed by atoms with Crippen LogP contribution >= 0.6 is 0 Å². The number of ether oxygens (including phenoxy) is 1. The van der Waals surface area contributed by atoms with E-state index in [1.807, 2.05) is 17.9 Å². The Morgan fingerprint density at radius 2 is 2.12 bits per heavy atom. The molecule has 1 heterocycles. The number of allylic oxidation sites excluding steroid dienone is 1. The number of amides is 1. The number of hydrogen-bond acceptors (Lipinski definition) is 2. The molecule has 1 aliphatic rings. The Kier molecular flexibility index (Phi) is 4.54. The Morgan fingerprint density at radius 1 is 1.56 bits per heavy atom. The molecule has 0 radical (unpaired) electrons. The van der Waals surface area contributed by atoms with E-state index in [-0.39, 0.29) is 17.2 Å². The number of morpholine rings is 1. The molecule has 16 heavy (non-hydrogen) atoms. The fourth-order valence-electron chi connectivity index (χ4n) is 1.97. The molecule has 3 heteroatoms. The van der Waals surface area contributed by atoms with E-state index < -0.39 is 0 Å². The Hall–Kier alpha value is -0.830. The fourth-order valence-corrected chi connectivity index (χ4v) is 1.97. The van der Waals surface area contributed by atoms with Gasteiger partial charge in [-0.3, -0.25) is 4.79 Å². The average Bonchev–Trinajstić information content (AvgIpc) is 2.37. The topological polar surface area (TPSA) is 29.5 Å². The molecule has 0 aromatic rings. The van der Waals surface area contributed by atoms with Crippen LogP contribution in [0.25, 0.3) is 0 Å². The van der Waals surface area contributed by atoms with E-state index in [0.717, 1.165) is 19.5 Å². The lowest BCUT2D eigenvalue weighted by Crippen LogP contribution is -2.46. The molecular weight excluding hydrogens is 202 g/mol. The third kappa shape index (κ3) is 2.64. The van der Waals surface area contributed by atoms with Crippen molar-refractivity contribution in [3.63, 3.8) is 0 Å². The van der Waals surface area contributed by atoms with Crippen LogP contribution in [0.5, 0.6) is 0 Å². The third-order valence-electron chi connectivity index (χ3n) is 3.91. The number of carbonyl (C=O) groups is 1. The predicted molar refractivity (Wildman–Crippen MR) is 65.2 cm³/mol. The second-order valence-corrected chi connectivity index (χ2v) is 4.72. The predicted octanol–water partition coefficient (Wildman–Crippen LogP) is 2.08. The molecule has 0 bridgehead atoms. The zero-order valence-electron chi connectivity index (χ0n) is 10.7. The van der Waals surface area contributed by atoms with Crippen LogP contribution in [0.3, 0.4) is 0 Å². The van der Waals surface area contributed by atoms with Crippen LogP contribution in [0.15, 0.2) is 12.7 Å². The highest BCUT2D eigenvalue weighted by Gasteiger charge is 2.34. The highest BCUT2D eigenvalue weighted by molar-refractivity contribution is 5.79. The van der Waals surface area contributed by atoms with E-state index >= 15 is 0 Å². The minimum Gasteiger partial charge on any atom is -0.378 e. The second-order valence-electron chi connectivity index (χ2n) is 4.72. The maximum atomic E-state index is 12.3. The molecule has 0 spiro atoms. The maximum absolute atomic E-state index is 12.3. The molecule has 1 saturated heterocycles. The molecule has 3 nitrogen and oxygen atoms in total. The van der Waals surface area contributed by atoms with Gasteiger partial charge in [-0.25, -0.2) is 0 Å².